The summed E-state index contributed by atoms with van der Waals surface area (Å²) >= 11 is 1.47. The number of aliphatic hydroxyl groups is 1. The van der Waals surface area contributed by atoms with Crippen molar-refractivity contribution in [2.45, 2.75) is 26.3 Å². The number of thiophene rings is 1. The van der Waals surface area contributed by atoms with Crippen LogP contribution in [-0.2, 0) is 9.59 Å². The summed E-state index contributed by atoms with van der Waals surface area (Å²) in [5.41, 5.74) is 0.543. The topological polar surface area (TPSA) is 79.3 Å². The number of Topliss-reactive ketones (excluding diaryl/α,β-unsaturated/α-hetero) is 1. The Kier molecular flexibility index (Phi) is 6.29. The van der Waals surface area contributed by atoms with E-state index in [1.807, 2.05) is 17.5 Å². The summed E-state index contributed by atoms with van der Waals surface area (Å²) in [5, 5.41) is 13.0. The number of ketones is 1. The maximum absolute atomic E-state index is 13.0. The summed E-state index contributed by atoms with van der Waals surface area (Å²) in [4.78, 5) is 30.7. The van der Waals surface area contributed by atoms with Gasteiger partial charge in [-0.1, -0.05) is 19.9 Å². The lowest BCUT2D eigenvalue weighted by molar-refractivity contribution is -0.139. The van der Waals surface area contributed by atoms with Crippen LogP contribution < -0.4 is 9.47 Å². The van der Waals surface area contributed by atoms with Gasteiger partial charge in [-0.15, -0.1) is 11.3 Å². The summed E-state index contributed by atoms with van der Waals surface area (Å²) in [6.07, 6.45) is 0.751. The fraction of sp³-hybridized carbons (Fsp3) is 0.391. The standard InChI is InChI=1S/C23H26N2O5S/c1-3-24(4-2)10-6-11-25-20(18-7-5-12-31-18)19(22(27)23(25)28)21(26)15-8-9-16-17(13-15)30-14-29-16/h5,7-9,12-13,20,26H,3-4,6,10-11,14H2,1-2H3. The van der Waals surface area contributed by atoms with Gasteiger partial charge < -0.3 is 24.4 Å². The molecule has 4 rings (SSSR count). The van der Waals surface area contributed by atoms with Gasteiger partial charge >= 0.3 is 0 Å². The average molecular weight is 443 g/mol. The van der Waals surface area contributed by atoms with Gasteiger partial charge in [0.25, 0.3) is 11.7 Å². The van der Waals surface area contributed by atoms with Crippen molar-refractivity contribution in [1.82, 2.24) is 9.80 Å². The Morgan fingerprint density at radius 2 is 1.97 bits per heavy atom. The quantitative estimate of drug-likeness (QED) is 0.382. The first-order valence-corrected chi connectivity index (χ1v) is 11.4. The molecule has 1 N–H and O–H groups in total. The molecule has 0 spiro atoms. The molecule has 1 unspecified atom stereocenters. The molecular weight excluding hydrogens is 416 g/mol. The summed E-state index contributed by atoms with van der Waals surface area (Å²) < 4.78 is 10.7. The van der Waals surface area contributed by atoms with Gasteiger partial charge in [-0.3, -0.25) is 9.59 Å². The average Bonchev–Trinajstić information content (AvgIpc) is 3.52. The minimum atomic E-state index is -0.656. The Bertz CT molecular complexity index is 997. The lowest BCUT2D eigenvalue weighted by Crippen LogP contribution is -2.33. The van der Waals surface area contributed by atoms with Crippen molar-refractivity contribution in [1.29, 1.82) is 0 Å². The minimum absolute atomic E-state index is 0.117. The van der Waals surface area contributed by atoms with Crippen molar-refractivity contribution in [3.63, 3.8) is 0 Å². The summed E-state index contributed by atoms with van der Waals surface area (Å²) in [7, 11) is 0. The Balaban J connectivity index is 1.68. The third-order valence-corrected chi connectivity index (χ3v) is 6.69. The molecule has 2 aromatic rings. The fourth-order valence-corrected chi connectivity index (χ4v) is 4.90. The third kappa shape index (κ3) is 4.05. The number of ether oxygens (including phenoxy) is 2. The molecule has 7 nitrogen and oxygen atoms in total. The van der Waals surface area contributed by atoms with Crippen LogP contribution in [0.3, 0.4) is 0 Å². The molecule has 2 aliphatic rings. The van der Waals surface area contributed by atoms with Gasteiger partial charge in [-0.25, -0.2) is 0 Å². The predicted molar refractivity (Wildman–Crippen MR) is 118 cm³/mol. The first kappa shape index (κ1) is 21.4. The predicted octanol–water partition coefficient (Wildman–Crippen LogP) is 3.63. The Hall–Kier alpha value is -2.84. The molecule has 1 aromatic heterocycles. The van der Waals surface area contributed by atoms with Gasteiger partial charge in [0.1, 0.15) is 5.76 Å². The molecule has 1 saturated heterocycles. The number of amides is 1. The second kappa shape index (κ2) is 9.11. The van der Waals surface area contributed by atoms with E-state index in [1.165, 1.54) is 11.3 Å². The van der Waals surface area contributed by atoms with Crippen molar-refractivity contribution in [2.24, 2.45) is 0 Å². The van der Waals surface area contributed by atoms with Crippen LogP contribution in [-0.4, -0.2) is 59.6 Å². The van der Waals surface area contributed by atoms with E-state index in [0.29, 0.717) is 23.6 Å². The Labute approximate surface area is 185 Å². The number of hydrogen-bond donors (Lipinski definition) is 1. The molecule has 0 bridgehead atoms. The molecule has 1 atom stereocenters. The smallest absolute Gasteiger partial charge is 0.295 e. The highest BCUT2D eigenvalue weighted by Gasteiger charge is 2.46. The number of likely N-dealkylation sites (tertiary alicyclic amines) is 1. The van der Waals surface area contributed by atoms with Gasteiger partial charge in [0.05, 0.1) is 11.6 Å². The maximum Gasteiger partial charge on any atom is 0.295 e. The lowest BCUT2D eigenvalue weighted by Gasteiger charge is -2.25. The third-order valence-electron chi connectivity index (χ3n) is 5.77. The van der Waals surface area contributed by atoms with Crippen LogP contribution >= 0.6 is 11.3 Å². The number of nitrogens with zero attached hydrogens (tertiary/aromatic N) is 2. The molecule has 0 aliphatic carbocycles. The van der Waals surface area contributed by atoms with Crippen molar-refractivity contribution >= 4 is 28.8 Å². The molecular formula is C23H26N2O5S. The van der Waals surface area contributed by atoms with E-state index < -0.39 is 17.7 Å². The first-order valence-electron chi connectivity index (χ1n) is 10.5. The molecule has 31 heavy (non-hydrogen) atoms. The summed E-state index contributed by atoms with van der Waals surface area (Å²) in [6, 6.07) is 8.18. The molecule has 8 heteroatoms. The highest BCUT2D eigenvalue weighted by atomic mass is 32.1. The fourth-order valence-electron chi connectivity index (χ4n) is 4.06. The maximum atomic E-state index is 13.0. The van der Waals surface area contributed by atoms with Crippen LogP contribution in [0.25, 0.3) is 5.76 Å². The zero-order valence-electron chi connectivity index (χ0n) is 17.7. The zero-order valence-corrected chi connectivity index (χ0v) is 18.5. The number of fused-ring (bicyclic) bond motifs is 1. The van der Waals surface area contributed by atoms with Crippen LogP contribution in [0.15, 0.2) is 41.3 Å². The zero-order chi connectivity index (χ0) is 22.0. The number of benzene rings is 1. The van der Waals surface area contributed by atoms with Crippen LogP contribution in [0.5, 0.6) is 11.5 Å². The Morgan fingerprint density at radius 3 is 2.68 bits per heavy atom. The number of carbonyl (C=O) groups excluding carboxylic acids is 2. The lowest BCUT2D eigenvalue weighted by atomic mass is 9.99. The van der Waals surface area contributed by atoms with Crippen LogP contribution in [0.1, 0.15) is 36.8 Å². The molecule has 2 aliphatic heterocycles. The van der Waals surface area contributed by atoms with E-state index >= 15 is 0 Å². The van der Waals surface area contributed by atoms with Gasteiger partial charge in [0.15, 0.2) is 11.5 Å². The second-order valence-corrected chi connectivity index (χ2v) is 8.44. The highest BCUT2D eigenvalue weighted by Crippen LogP contribution is 2.42. The van der Waals surface area contributed by atoms with Crippen LogP contribution in [0, 0.1) is 0 Å². The van der Waals surface area contributed by atoms with E-state index in [0.717, 1.165) is 30.9 Å². The number of hydrogen-bond acceptors (Lipinski definition) is 7. The van der Waals surface area contributed by atoms with Crippen LogP contribution in [0.2, 0.25) is 0 Å². The summed E-state index contributed by atoms with van der Waals surface area (Å²) in [6.45, 7) is 7.49. The summed E-state index contributed by atoms with van der Waals surface area (Å²) in [5.74, 6) is -0.327. The number of aliphatic hydroxyl groups excluding tert-OH is 1. The van der Waals surface area contributed by atoms with E-state index in [9.17, 15) is 14.7 Å². The Morgan fingerprint density at radius 1 is 1.19 bits per heavy atom. The van der Waals surface area contributed by atoms with Crippen molar-refractivity contribution in [3.8, 4) is 11.5 Å². The van der Waals surface area contributed by atoms with E-state index in [4.69, 9.17) is 9.47 Å². The van der Waals surface area contributed by atoms with Gasteiger partial charge in [-0.05, 0) is 55.7 Å². The molecule has 0 saturated carbocycles. The van der Waals surface area contributed by atoms with E-state index in [-0.39, 0.29) is 18.1 Å². The van der Waals surface area contributed by atoms with Gasteiger partial charge in [0, 0.05) is 17.0 Å². The molecule has 164 valence electrons. The van der Waals surface area contributed by atoms with Gasteiger partial charge in [-0.2, -0.15) is 0 Å². The van der Waals surface area contributed by atoms with Gasteiger partial charge in [0.2, 0.25) is 6.79 Å². The van der Waals surface area contributed by atoms with E-state index in [1.54, 1.807) is 23.1 Å². The first-order chi connectivity index (χ1) is 15.0. The van der Waals surface area contributed by atoms with Crippen molar-refractivity contribution < 1.29 is 24.2 Å². The molecule has 1 aromatic carbocycles. The number of carbonyl (C=O) groups is 2. The van der Waals surface area contributed by atoms with E-state index in [2.05, 4.69) is 18.7 Å². The molecule has 1 fully saturated rings. The second-order valence-electron chi connectivity index (χ2n) is 7.46. The molecule has 0 radical (unpaired) electrons. The normalized spacial score (nSPS) is 19.6. The molecule has 3 heterocycles. The van der Waals surface area contributed by atoms with Crippen molar-refractivity contribution in [2.75, 3.05) is 33.0 Å². The largest absolute Gasteiger partial charge is 0.507 e. The minimum Gasteiger partial charge on any atom is -0.507 e. The molecule has 1 amide bonds. The van der Waals surface area contributed by atoms with Crippen molar-refractivity contribution in [3.05, 3.63) is 51.7 Å². The highest BCUT2D eigenvalue weighted by molar-refractivity contribution is 7.10. The van der Waals surface area contributed by atoms with Crippen LogP contribution in [0.4, 0.5) is 0 Å². The SMILES string of the molecule is CCN(CC)CCCN1C(=O)C(=O)C(=C(O)c2ccc3c(c2)OCO3)C1c1cccs1. The monoisotopic (exact) mass is 442 g/mol. The number of rotatable bonds is 8.